The van der Waals surface area contributed by atoms with E-state index < -0.39 is 35.6 Å². The Morgan fingerprint density at radius 3 is 2.14 bits per heavy atom. The Balaban J connectivity index is 3.30. The van der Waals surface area contributed by atoms with Crippen molar-refractivity contribution in [1.82, 2.24) is 4.90 Å². The number of alkyl halides is 6. The summed E-state index contributed by atoms with van der Waals surface area (Å²) in [5.74, 6) is -1.44. The summed E-state index contributed by atoms with van der Waals surface area (Å²) in [5, 5.41) is 0. The summed E-state index contributed by atoms with van der Waals surface area (Å²) >= 11 is 0. The van der Waals surface area contributed by atoms with Crippen LogP contribution in [-0.2, 0) is 0 Å². The predicted molar refractivity (Wildman–Crippen MR) is 65.9 cm³/mol. The number of nitrogens with two attached hydrogens (primary N) is 1. The van der Waals surface area contributed by atoms with Crippen LogP contribution in [-0.4, -0.2) is 47.0 Å². The lowest BCUT2D eigenvalue weighted by molar-refractivity contribution is -0.0690. The minimum atomic E-state index is -4.93. The van der Waals surface area contributed by atoms with Crippen LogP contribution in [0.5, 0.6) is 0 Å². The third-order valence-electron chi connectivity index (χ3n) is 3.04. The molecule has 21 heavy (non-hydrogen) atoms. The van der Waals surface area contributed by atoms with Crippen molar-refractivity contribution in [2.75, 3.05) is 6.54 Å². The van der Waals surface area contributed by atoms with Crippen molar-refractivity contribution in [2.24, 2.45) is 15.7 Å². The quantitative estimate of drug-likeness (QED) is 0.376. The number of hydrogen-bond acceptors (Lipinski definition) is 3. The van der Waals surface area contributed by atoms with E-state index in [4.69, 9.17) is 5.73 Å². The topological polar surface area (TPSA) is 53.7 Å². The molecule has 0 radical (unpaired) electrons. The molecule has 0 spiro atoms. The standard InChI is InChI=1S/C11H14F6N4/c1-4-19-6(10(12,13)14)9(3)7(18)21(9)8(20-5-2)11(15,16)17/h4,7H,1,5,18H2,2-3H3/t7?,9-,21?/m0/s1. The number of amidine groups is 1. The maximum atomic E-state index is 13.0. The van der Waals surface area contributed by atoms with Crippen molar-refractivity contribution in [2.45, 2.75) is 37.9 Å². The van der Waals surface area contributed by atoms with Gasteiger partial charge in [-0.2, -0.15) is 26.3 Å². The van der Waals surface area contributed by atoms with Crippen molar-refractivity contribution in [3.63, 3.8) is 0 Å². The minimum absolute atomic E-state index is 0.242. The lowest BCUT2D eigenvalue weighted by Crippen LogP contribution is -2.43. The Hall–Kier alpha value is -1.58. The molecule has 1 unspecified atom stereocenters. The molecule has 0 aromatic heterocycles. The smallest absolute Gasteiger partial charge is 0.320 e. The largest absolute Gasteiger partial charge is 0.449 e. The zero-order chi connectivity index (χ0) is 16.6. The fraction of sp³-hybridized carbons (Fsp3) is 0.636. The fourth-order valence-corrected chi connectivity index (χ4v) is 2.05. The van der Waals surface area contributed by atoms with Gasteiger partial charge in [0.2, 0.25) is 5.84 Å². The average Bonchev–Trinajstić information content (AvgIpc) is 2.83. The Labute approximate surface area is 117 Å². The van der Waals surface area contributed by atoms with Crippen LogP contribution >= 0.6 is 0 Å². The predicted octanol–water partition coefficient (Wildman–Crippen LogP) is 2.47. The van der Waals surface area contributed by atoms with E-state index in [1.54, 1.807) is 0 Å². The number of rotatable bonds is 3. The van der Waals surface area contributed by atoms with E-state index in [-0.39, 0.29) is 6.54 Å². The molecule has 2 atom stereocenters. The van der Waals surface area contributed by atoms with E-state index in [2.05, 4.69) is 16.6 Å². The Bertz CT molecular complexity index is 478. The van der Waals surface area contributed by atoms with E-state index in [1.807, 2.05) is 0 Å². The summed E-state index contributed by atoms with van der Waals surface area (Å²) < 4.78 is 77.5. The molecular weight excluding hydrogens is 302 g/mol. The molecule has 0 aliphatic carbocycles. The first-order valence-electron chi connectivity index (χ1n) is 5.85. The molecule has 0 amide bonds. The van der Waals surface area contributed by atoms with Crippen LogP contribution in [0.15, 0.2) is 22.8 Å². The average molecular weight is 316 g/mol. The van der Waals surface area contributed by atoms with Gasteiger partial charge in [-0.05, 0) is 13.8 Å². The normalized spacial score (nSPS) is 27.9. The third-order valence-corrected chi connectivity index (χ3v) is 3.04. The summed E-state index contributed by atoms with van der Waals surface area (Å²) in [4.78, 5) is 6.65. The van der Waals surface area contributed by atoms with Gasteiger partial charge in [-0.15, -0.1) is 0 Å². The molecule has 2 N–H and O–H groups in total. The first kappa shape index (κ1) is 17.5. The van der Waals surface area contributed by atoms with Gasteiger partial charge in [-0.1, -0.05) is 6.58 Å². The molecule has 1 fully saturated rings. The number of nitrogens with zero attached hydrogens (tertiary/aromatic N) is 3. The highest BCUT2D eigenvalue weighted by Gasteiger charge is 2.70. The molecule has 1 saturated heterocycles. The lowest BCUT2D eigenvalue weighted by atomic mass is 10.0. The van der Waals surface area contributed by atoms with Gasteiger partial charge >= 0.3 is 12.4 Å². The second kappa shape index (κ2) is 5.32. The van der Waals surface area contributed by atoms with Crippen LogP contribution in [0, 0.1) is 0 Å². The maximum absolute atomic E-state index is 13.0. The Kier molecular flexibility index (Phi) is 4.42. The van der Waals surface area contributed by atoms with Gasteiger partial charge in [0.25, 0.3) is 0 Å². The monoisotopic (exact) mass is 316 g/mol. The van der Waals surface area contributed by atoms with Crippen LogP contribution in [0.1, 0.15) is 13.8 Å². The summed E-state index contributed by atoms with van der Waals surface area (Å²) in [6.07, 6.45) is -10.7. The molecule has 10 heteroatoms. The zero-order valence-corrected chi connectivity index (χ0v) is 11.3. The molecule has 0 saturated carbocycles. The first-order chi connectivity index (χ1) is 9.42. The molecule has 0 aromatic rings. The van der Waals surface area contributed by atoms with Crippen molar-refractivity contribution in [1.29, 1.82) is 0 Å². The molecular formula is C11H14F6N4. The van der Waals surface area contributed by atoms with Crippen molar-refractivity contribution >= 4 is 11.5 Å². The van der Waals surface area contributed by atoms with Gasteiger partial charge in [-0.3, -0.25) is 9.98 Å². The molecule has 1 aliphatic heterocycles. The van der Waals surface area contributed by atoms with Crippen LogP contribution in [0.4, 0.5) is 26.3 Å². The highest BCUT2D eigenvalue weighted by atomic mass is 19.4. The van der Waals surface area contributed by atoms with Gasteiger partial charge in [-0.25, -0.2) is 0 Å². The van der Waals surface area contributed by atoms with Crippen molar-refractivity contribution in [3.8, 4) is 0 Å². The summed E-state index contributed by atoms with van der Waals surface area (Å²) in [7, 11) is 0. The second-order valence-corrected chi connectivity index (χ2v) is 4.42. The molecule has 1 heterocycles. The summed E-state index contributed by atoms with van der Waals surface area (Å²) in [6.45, 7) is 5.06. The van der Waals surface area contributed by atoms with Gasteiger partial charge in [0.1, 0.15) is 11.7 Å². The van der Waals surface area contributed by atoms with E-state index in [9.17, 15) is 26.3 Å². The van der Waals surface area contributed by atoms with Crippen LogP contribution in [0.2, 0.25) is 0 Å². The van der Waals surface area contributed by atoms with Gasteiger partial charge < -0.3 is 10.6 Å². The first-order valence-corrected chi connectivity index (χ1v) is 5.85. The van der Waals surface area contributed by atoms with E-state index in [0.717, 1.165) is 6.92 Å². The summed E-state index contributed by atoms with van der Waals surface area (Å²) in [6, 6.07) is 0. The van der Waals surface area contributed by atoms with Gasteiger partial charge in [0, 0.05) is 12.7 Å². The summed E-state index contributed by atoms with van der Waals surface area (Å²) in [5.41, 5.74) is 1.86. The Morgan fingerprint density at radius 1 is 1.29 bits per heavy atom. The highest BCUT2D eigenvalue weighted by molar-refractivity contribution is 6.07. The van der Waals surface area contributed by atoms with E-state index in [1.165, 1.54) is 6.92 Å². The number of aliphatic imine (C=N–C) groups is 2. The molecule has 0 aromatic carbocycles. The number of hydrogen-bond donors (Lipinski definition) is 1. The Morgan fingerprint density at radius 2 is 1.81 bits per heavy atom. The fourth-order valence-electron chi connectivity index (χ4n) is 2.05. The van der Waals surface area contributed by atoms with Crippen LogP contribution in [0.3, 0.4) is 0 Å². The molecule has 120 valence electrons. The SMILES string of the molecule is C=CN=C(C(F)(F)F)[C@@]1(C)C(N)N1C(=NCC)C(F)(F)F. The third kappa shape index (κ3) is 3.04. The molecule has 0 bridgehead atoms. The maximum Gasteiger partial charge on any atom is 0.449 e. The van der Waals surface area contributed by atoms with E-state index in [0.29, 0.717) is 11.1 Å². The minimum Gasteiger partial charge on any atom is -0.320 e. The van der Waals surface area contributed by atoms with Crippen LogP contribution < -0.4 is 5.73 Å². The van der Waals surface area contributed by atoms with Crippen LogP contribution in [0.25, 0.3) is 0 Å². The number of halogens is 6. The lowest BCUT2D eigenvalue weighted by Gasteiger charge is -2.20. The molecule has 1 rings (SSSR count). The van der Waals surface area contributed by atoms with E-state index >= 15 is 0 Å². The van der Waals surface area contributed by atoms with Crippen molar-refractivity contribution in [3.05, 3.63) is 12.8 Å². The highest BCUT2D eigenvalue weighted by Crippen LogP contribution is 2.46. The van der Waals surface area contributed by atoms with Gasteiger partial charge in [0.15, 0.2) is 5.71 Å². The molecule has 1 aliphatic rings. The second-order valence-electron chi connectivity index (χ2n) is 4.42. The van der Waals surface area contributed by atoms with Crippen molar-refractivity contribution < 1.29 is 26.3 Å². The van der Waals surface area contributed by atoms with Gasteiger partial charge in [0.05, 0.1) is 0 Å². The zero-order valence-electron chi connectivity index (χ0n) is 11.3. The molecule has 4 nitrogen and oxygen atoms in total.